The molecule has 1 N–H and O–H groups in total. The highest BCUT2D eigenvalue weighted by atomic mass is 16.2. The van der Waals surface area contributed by atoms with Gasteiger partial charge in [0.1, 0.15) is 6.54 Å². The summed E-state index contributed by atoms with van der Waals surface area (Å²) in [5.74, 6) is 0.641. The Hall–Kier alpha value is -2.21. The lowest BCUT2D eigenvalue weighted by atomic mass is 9.98. The summed E-state index contributed by atoms with van der Waals surface area (Å²) in [4.78, 5) is 31.6. The molecule has 0 saturated carbocycles. The molecule has 2 aromatic rings. The van der Waals surface area contributed by atoms with Gasteiger partial charge in [-0.2, -0.15) is 0 Å². The van der Waals surface area contributed by atoms with Gasteiger partial charge in [-0.25, -0.2) is 4.98 Å². The minimum absolute atomic E-state index is 0.000526. The highest BCUT2D eigenvalue weighted by molar-refractivity contribution is 5.81. The number of nitrogens with one attached hydrogen (secondary N) is 1. The van der Waals surface area contributed by atoms with E-state index < -0.39 is 0 Å². The monoisotopic (exact) mass is 356 g/mol. The van der Waals surface area contributed by atoms with Crippen LogP contribution >= 0.6 is 0 Å². The first-order valence-electron chi connectivity index (χ1n) is 9.41. The van der Waals surface area contributed by atoms with Crippen molar-refractivity contribution in [3.63, 3.8) is 0 Å². The number of aromatic nitrogens is 2. The number of hydrogen-bond acceptors (Lipinski definition) is 4. The third-order valence-electron chi connectivity index (χ3n) is 5.41. The van der Waals surface area contributed by atoms with Crippen molar-refractivity contribution in [2.45, 2.75) is 46.2 Å². The van der Waals surface area contributed by atoms with Gasteiger partial charge in [0.2, 0.25) is 5.91 Å². The number of carbonyl (C=O) groups excluding carboxylic acids is 1. The Labute approximate surface area is 154 Å². The average Bonchev–Trinajstić information content (AvgIpc) is 2.63. The summed E-state index contributed by atoms with van der Waals surface area (Å²) in [7, 11) is 0. The first-order chi connectivity index (χ1) is 12.5. The van der Waals surface area contributed by atoms with Crippen LogP contribution in [0.25, 0.3) is 10.9 Å². The largest absolute Gasteiger partial charge is 0.353 e. The lowest BCUT2D eigenvalue weighted by Crippen LogP contribution is -2.46. The SMILES string of the molecule is Cc1cccc2c(=O)n(CC(=O)NC[C@@H](C)N3CCC(C)CC3)cnc12. The normalized spacial score (nSPS) is 17.3. The second kappa shape index (κ2) is 7.99. The summed E-state index contributed by atoms with van der Waals surface area (Å²) in [5, 5.41) is 3.51. The molecule has 2 heterocycles. The predicted octanol–water partition coefficient (Wildman–Crippen LogP) is 1.94. The van der Waals surface area contributed by atoms with E-state index in [1.54, 1.807) is 6.07 Å². The Morgan fingerprint density at radius 3 is 2.81 bits per heavy atom. The fourth-order valence-electron chi connectivity index (χ4n) is 3.52. The third-order valence-corrected chi connectivity index (χ3v) is 5.41. The summed E-state index contributed by atoms with van der Waals surface area (Å²) in [6, 6.07) is 5.83. The molecule has 0 radical (unpaired) electrons. The maximum absolute atomic E-state index is 12.6. The molecule has 1 aliphatic rings. The highest BCUT2D eigenvalue weighted by Crippen LogP contribution is 2.17. The highest BCUT2D eigenvalue weighted by Gasteiger charge is 2.20. The number of para-hydroxylation sites is 1. The van der Waals surface area contributed by atoms with Gasteiger partial charge in [0.25, 0.3) is 5.56 Å². The third kappa shape index (κ3) is 4.12. The van der Waals surface area contributed by atoms with Crippen molar-refractivity contribution in [3.05, 3.63) is 40.4 Å². The van der Waals surface area contributed by atoms with E-state index in [-0.39, 0.29) is 18.0 Å². The molecule has 1 aliphatic heterocycles. The Bertz CT molecular complexity index is 837. The van der Waals surface area contributed by atoms with Crippen LogP contribution in [0.15, 0.2) is 29.3 Å². The smallest absolute Gasteiger partial charge is 0.261 e. The number of fused-ring (bicyclic) bond motifs is 1. The van der Waals surface area contributed by atoms with Gasteiger partial charge in [-0.15, -0.1) is 0 Å². The number of carbonyl (C=O) groups is 1. The molecule has 0 aliphatic carbocycles. The molecule has 0 spiro atoms. The standard InChI is InChI=1S/C20H28N4O2/c1-14-7-9-23(10-8-14)16(3)11-21-18(25)12-24-13-22-19-15(2)5-4-6-17(19)20(24)26/h4-6,13-14,16H,7-12H2,1-3H3,(H,21,25)/t16-/m1/s1. The van der Waals surface area contributed by atoms with Gasteiger partial charge in [-0.3, -0.25) is 19.1 Å². The molecule has 3 rings (SSSR count). The van der Waals surface area contributed by atoms with Crippen LogP contribution in [0.2, 0.25) is 0 Å². The Morgan fingerprint density at radius 1 is 1.35 bits per heavy atom. The Morgan fingerprint density at radius 2 is 2.08 bits per heavy atom. The molecule has 1 aromatic heterocycles. The van der Waals surface area contributed by atoms with Gasteiger partial charge in [0.15, 0.2) is 0 Å². The van der Waals surface area contributed by atoms with E-state index in [1.165, 1.54) is 23.7 Å². The van der Waals surface area contributed by atoms with Crippen molar-refractivity contribution in [1.29, 1.82) is 0 Å². The maximum Gasteiger partial charge on any atom is 0.261 e. The second-order valence-corrected chi connectivity index (χ2v) is 7.52. The summed E-state index contributed by atoms with van der Waals surface area (Å²) >= 11 is 0. The Kier molecular flexibility index (Phi) is 5.71. The zero-order chi connectivity index (χ0) is 18.7. The molecule has 1 fully saturated rings. The van der Waals surface area contributed by atoms with Gasteiger partial charge in [0.05, 0.1) is 17.2 Å². The van der Waals surface area contributed by atoms with Gasteiger partial charge < -0.3 is 5.32 Å². The zero-order valence-electron chi connectivity index (χ0n) is 15.9. The van der Waals surface area contributed by atoms with Gasteiger partial charge in [0, 0.05) is 12.6 Å². The second-order valence-electron chi connectivity index (χ2n) is 7.52. The molecular formula is C20H28N4O2. The van der Waals surface area contributed by atoms with Crippen LogP contribution < -0.4 is 10.9 Å². The molecule has 26 heavy (non-hydrogen) atoms. The number of hydrogen-bond donors (Lipinski definition) is 1. The van der Waals surface area contributed by atoms with Crippen molar-refractivity contribution in [3.8, 4) is 0 Å². The zero-order valence-corrected chi connectivity index (χ0v) is 15.9. The lowest BCUT2D eigenvalue weighted by Gasteiger charge is -2.35. The van der Waals surface area contributed by atoms with E-state index in [1.807, 2.05) is 19.1 Å². The van der Waals surface area contributed by atoms with E-state index in [0.29, 0.717) is 23.5 Å². The average molecular weight is 356 g/mol. The maximum atomic E-state index is 12.6. The summed E-state index contributed by atoms with van der Waals surface area (Å²) in [6.07, 6.45) is 3.90. The lowest BCUT2D eigenvalue weighted by molar-refractivity contribution is -0.122. The first kappa shape index (κ1) is 18.6. The summed E-state index contributed by atoms with van der Waals surface area (Å²) in [6.45, 7) is 9.14. The summed E-state index contributed by atoms with van der Waals surface area (Å²) in [5.41, 5.74) is 1.48. The number of piperidine rings is 1. The minimum Gasteiger partial charge on any atom is -0.353 e. The number of benzene rings is 1. The van der Waals surface area contributed by atoms with E-state index in [0.717, 1.165) is 24.6 Å². The van der Waals surface area contributed by atoms with Crippen molar-refractivity contribution in [2.24, 2.45) is 5.92 Å². The molecule has 1 aromatic carbocycles. The molecule has 0 bridgehead atoms. The topological polar surface area (TPSA) is 67.2 Å². The summed E-state index contributed by atoms with van der Waals surface area (Å²) < 4.78 is 1.38. The fourth-order valence-corrected chi connectivity index (χ4v) is 3.52. The van der Waals surface area contributed by atoms with Crippen molar-refractivity contribution in [2.75, 3.05) is 19.6 Å². The molecule has 140 valence electrons. The molecule has 1 amide bonds. The van der Waals surface area contributed by atoms with Crippen molar-refractivity contribution < 1.29 is 4.79 Å². The Balaban J connectivity index is 1.59. The molecular weight excluding hydrogens is 328 g/mol. The van der Waals surface area contributed by atoms with Crippen LogP contribution in [0.5, 0.6) is 0 Å². The molecule has 1 saturated heterocycles. The number of nitrogens with zero attached hydrogens (tertiary/aromatic N) is 3. The first-order valence-corrected chi connectivity index (χ1v) is 9.41. The van der Waals surface area contributed by atoms with E-state index >= 15 is 0 Å². The van der Waals surface area contributed by atoms with E-state index in [4.69, 9.17) is 0 Å². The van der Waals surface area contributed by atoms with Crippen molar-refractivity contribution in [1.82, 2.24) is 19.8 Å². The van der Waals surface area contributed by atoms with Gasteiger partial charge in [-0.1, -0.05) is 19.1 Å². The van der Waals surface area contributed by atoms with Crippen LogP contribution in [-0.2, 0) is 11.3 Å². The molecule has 6 heteroatoms. The van der Waals surface area contributed by atoms with Crippen LogP contribution in [-0.4, -0.2) is 46.0 Å². The van der Waals surface area contributed by atoms with Crippen LogP contribution in [0.3, 0.4) is 0 Å². The molecule has 6 nitrogen and oxygen atoms in total. The number of rotatable bonds is 5. The number of likely N-dealkylation sites (tertiary alicyclic amines) is 1. The van der Waals surface area contributed by atoms with Gasteiger partial charge in [-0.05, 0) is 57.3 Å². The van der Waals surface area contributed by atoms with Crippen LogP contribution in [0, 0.1) is 12.8 Å². The van der Waals surface area contributed by atoms with E-state index in [9.17, 15) is 9.59 Å². The van der Waals surface area contributed by atoms with Crippen molar-refractivity contribution >= 4 is 16.8 Å². The minimum atomic E-state index is -0.174. The number of aryl methyl sites for hydroxylation is 1. The molecule has 1 atom stereocenters. The quantitative estimate of drug-likeness (QED) is 0.889. The number of amides is 1. The van der Waals surface area contributed by atoms with E-state index in [2.05, 4.69) is 29.0 Å². The van der Waals surface area contributed by atoms with Gasteiger partial charge >= 0.3 is 0 Å². The molecule has 0 unspecified atom stereocenters. The van der Waals surface area contributed by atoms with Crippen LogP contribution in [0.4, 0.5) is 0 Å². The predicted molar refractivity (Wildman–Crippen MR) is 103 cm³/mol. The van der Waals surface area contributed by atoms with Crippen LogP contribution in [0.1, 0.15) is 32.3 Å². The fraction of sp³-hybridized carbons (Fsp3) is 0.550.